The van der Waals surface area contributed by atoms with Gasteiger partial charge in [0, 0.05) is 48.4 Å². The number of aromatic carboxylic acids is 1. The molecule has 16 heteroatoms. The zero-order valence-electron chi connectivity index (χ0n) is 35.8. The molecule has 0 unspecified atom stereocenters. The lowest BCUT2D eigenvalue weighted by Crippen LogP contribution is -2.41. The van der Waals surface area contributed by atoms with Crippen LogP contribution >= 0.6 is 0 Å². The van der Waals surface area contributed by atoms with E-state index >= 15 is 9.18 Å². The molecule has 0 bridgehead atoms. The molecule has 4 aromatic heterocycles. The Bertz CT molecular complexity index is 3110. The number of amides is 1. The smallest absolute Gasteiger partial charge is 0.438 e. The lowest BCUT2D eigenvalue weighted by molar-refractivity contribution is -0.0592. The Morgan fingerprint density at radius 3 is 2.30 bits per heavy atom. The Hall–Kier alpha value is -6.81. The predicted molar refractivity (Wildman–Crippen MR) is 230 cm³/mol. The number of hydrogen-bond donors (Lipinski definition) is 2. The molecule has 0 radical (unpaired) electrons. The molecule has 3 aromatic carbocycles. The summed E-state index contributed by atoms with van der Waals surface area (Å²) in [7, 11) is 0. The molecule has 10 rings (SSSR count). The van der Waals surface area contributed by atoms with E-state index in [1.807, 2.05) is 17.6 Å². The van der Waals surface area contributed by atoms with Gasteiger partial charge in [-0.2, -0.15) is 5.10 Å². The Kier molecular flexibility index (Phi) is 9.19. The van der Waals surface area contributed by atoms with Crippen molar-refractivity contribution >= 4 is 22.8 Å². The fraction of sp³-hybridized carbons (Fsp3) is 0.362. The van der Waals surface area contributed by atoms with Crippen molar-refractivity contribution in [2.45, 2.75) is 90.3 Å². The topological polar surface area (TPSA) is 175 Å². The molecule has 2 fully saturated rings. The third-order valence-electron chi connectivity index (χ3n) is 13.5. The number of ether oxygens (including phenoxy) is 1. The number of aryl methyl sites for hydroxylation is 2. The number of nitrogens with one attached hydrogen (secondary N) is 1. The summed E-state index contributed by atoms with van der Waals surface area (Å²) >= 11 is 0. The maximum absolute atomic E-state index is 15.5. The number of imidazole rings is 1. The molecule has 15 nitrogen and oxygen atoms in total. The number of carbonyl (C=O) groups is 2. The van der Waals surface area contributed by atoms with Gasteiger partial charge in [0.2, 0.25) is 0 Å². The van der Waals surface area contributed by atoms with Crippen LogP contribution in [-0.2, 0) is 16.7 Å². The highest BCUT2D eigenvalue weighted by atomic mass is 19.1. The first-order chi connectivity index (χ1) is 30.1. The highest BCUT2D eigenvalue weighted by Gasteiger charge is 2.59. The Morgan fingerprint density at radius 1 is 0.937 bits per heavy atom. The fourth-order valence-electron chi connectivity index (χ4n) is 10.2. The number of carboxylic acid groups (broad SMARTS) is 1. The summed E-state index contributed by atoms with van der Waals surface area (Å²) < 4.78 is 32.7. The van der Waals surface area contributed by atoms with Crippen molar-refractivity contribution in [1.82, 2.24) is 38.5 Å². The quantitative estimate of drug-likeness (QED) is 0.161. The van der Waals surface area contributed by atoms with Crippen molar-refractivity contribution in [2.24, 2.45) is 5.92 Å². The first-order valence-corrected chi connectivity index (χ1v) is 21.3. The van der Waals surface area contributed by atoms with Crippen LogP contribution in [-0.4, -0.2) is 74.3 Å². The second-order valence-electron chi connectivity index (χ2n) is 18.0. The Balaban J connectivity index is 1.11. The van der Waals surface area contributed by atoms with Gasteiger partial charge in [-0.05, 0) is 137 Å². The maximum Gasteiger partial charge on any atom is 0.438 e. The van der Waals surface area contributed by atoms with E-state index in [2.05, 4.69) is 49.1 Å². The summed E-state index contributed by atoms with van der Waals surface area (Å²) in [6.07, 6.45) is 5.92. The number of carboxylic acids is 1. The molecular formula is C47H47FN8O7. The molecule has 1 aliphatic carbocycles. The van der Waals surface area contributed by atoms with E-state index in [0.29, 0.717) is 77.1 Å². The number of H-pyrrole nitrogens is 1. The van der Waals surface area contributed by atoms with Gasteiger partial charge in [0.15, 0.2) is 5.82 Å². The molecule has 2 aliphatic heterocycles. The SMILES string of the molecule is Cc1cc(-n2nc3c(c2-n2ccn(-c4ccc(C(=O)O)cc4)c2=O)[C@H](C)N(C(=O)c2cc4cc([C@H]5CCOC(C)(C)C5)ccc4n2[C@@]2(c4noc(=O)[nH]4)C[C@@H]2C)CC3)cc(C)c1F. The minimum atomic E-state index is -1.08. The zero-order chi connectivity index (χ0) is 44.3. The van der Waals surface area contributed by atoms with Gasteiger partial charge in [0.05, 0.1) is 34.3 Å². The van der Waals surface area contributed by atoms with Gasteiger partial charge in [-0.15, -0.1) is 0 Å². The maximum atomic E-state index is 15.5. The van der Waals surface area contributed by atoms with Crippen molar-refractivity contribution in [3.8, 4) is 17.2 Å². The van der Waals surface area contributed by atoms with Crippen molar-refractivity contribution < 1.29 is 28.3 Å². The van der Waals surface area contributed by atoms with E-state index in [9.17, 15) is 19.5 Å². The summed E-state index contributed by atoms with van der Waals surface area (Å²) in [5.74, 6) is -1.33. The minimum Gasteiger partial charge on any atom is -0.478 e. The zero-order valence-corrected chi connectivity index (χ0v) is 35.8. The van der Waals surface area contributed by atoms with Crippen LogP contribution in [0.3, 0.4) is 0 Å². The van der Waals surface area contributed by atoms with Crippen LogP contribution in [0.1, 0.15) is 114 Å². The highest BCUT2D eigenvalue weighted by Crippen LogP contribution is 2.56. The lowest BCUT2D eigenvalue weighted by atomic mass is 9.83. The number of benzene rings is 3. The van der Waals surface area contributed by atoms with Crippen molar-refractivity contribution in [2.75, 3.05) is 13.2 Å². The van der Waals surface area contributed by atoms with Gasteiger partial charge in [0.1, 0.15) is 22.9 Å². The van der Waals surface area contributed by atoms with E-state index in [0.717, 1.165) is 29.3 Å². The molecule has 6 heterocycles. The number of fused-ring (bicyclic) bond motifs is 2. The van der Waals surface area contributed by atoms with E-state index in [1.165, 1.54) is 21.3 Å². The van der Waals surface area contributed by atoms with Crippen molar-refractivity contribution in [3.05, 3.63) is 145 Å². The van der Waals surface area contributed by atoms with Crippen molar-refractivity contribution in [1.29, 1.82) is 0 Å². The molecule has 4 atom stereocenters. The van der Waals surface area contributed by atoms with Crippen molar-refractivity contribution in [3.63, 3.8) is 0 Å². The molecule has 1 saturated carbocycles. The number of aromatic amines is 1. The van der Waals surface area contributed by atoms with Gasteiger partial charge in [-0.25, -0.2) is 23.5 Å². The molecule has 63 heavy (non-hydrogen) atoms. The molecule has 7 aromatic rings. The van der Waals surface area contributed by atoms with Crippen LogP contribution in [0.2, 0.25) is 0 Å². The summed E-state index contributed by atoms with van der Waals surface area (Å²) in [6.45, 7) is 12.5. The van der Waals surface area contributed by atoms with E-state index < -0.39 is 29.0 Å². The van der Waals surface area contributed by atoms with E-state index in [4.69, 9.17) is 14.4 Å². The monoisotopic (exact) mass is 854 g/mol. The molecule has 0 spiro atoms. The van der Waals surface area contributed by atoms with Crippen LogP contribution in [0.15, 0.2) is 87.2 Å². The van der Waals surface area contributed by atoms with Gasteiger partial charge < -0.3 is 19.3 Å². The first kappa shape index (κ1) is 40.3. The summed E-state index contributed by atoms with van der Waals surface area (Å²) in [5, 5.41) is 19.6. The number of hydrogen-bond acceptors (Lipinski definition) is 8. The fourth-order valence-corrected chi connectivity index (χ4v) is 10.2. The summed E-state index contributed by atoms with van der Waals surface area (Å²) in [6, 6.07) is 17.0. The average Bonchev–Trinajstić information content (AvgIpc) is 3.74. The van der Waals surface area contributed by atoms with Gasteiger partial charge in [0.25, 0.3) is 5.91 Å². The standard InChI is InChI=1S/C47H47FN8O7/c1-25-19-34(20-26(2)39(25)48)56-40(54-17-16-53(45(54)61)33-10-7-29(8-11-33)42(58)59)38-28(4)52(15-13-35(38)50-56)41(57)37-22-32-21-30(31-14-18-62-46(5,6)24-31)9-12-36(32)55(37)47(23-27(47)3)43-49-44(60)63-51-43/h7-12,16-17,19-22,27-28,31H,13-15,18,23-24H2,1-6H3,(H,58,59)(H,49,51,60)/t27-,28-,31-,47-/m0/s1. The third-order valence-corrected chi connectivity index (χ3v) is 13.5. The van der Waals surface area contributed by atoms with Gasteiger partial charge >= 0.3 is 17.4 Å². The Morgan fingerprint density at radius 2 is 1.65 bits per heavy atom. The number of carbonyl (C=O) groups excluding carboxylic acids is 1. The predicted octanol–water partition coefficient (Wildman–Crippen LogP) is 7.11. The number of nitrogens with zero attached hydrogens (tertiary/aromatic N) is 7. The average molecular weight is 855 g/mol. The number of rotatable bonds is 8. The van der Waals surface area contributed by atoms with Gasteiger partial charge in [-0.1, -0.05) is 18.1 Å². The molecule has 1 saturated heterocycles. The second-order valence-corrected chi connectivity index (χ2v) is 18.0. The van der Waals surface area contributed by atoms with Crippen LogP contribution in [0, 0.1) is 25.6 Å². The second kappa shape index (κ2) is 14.4. The summed E-state index contributed by atoms with van der Waals surface area (Å²) in [5.41, 5.74) is 4.08. The first-order valence-electron chi connectivity index (χ1n) is 21.3. The van der Waals surface area contributed by atoms with Crippen LogP contribution < -0.4 is 11.4 Å². The normalized spacial score (nSPS) is 21.8. The van der Waals surface area contributed by atoms with Crippen LogP contribution in [0.25, 0.3) is 28.1 Å². The minimum absolute atomic E-state index is 0.00505. The number of aromatic nitrogens is 7. The van der Waals surface area contributed by atoms with E-state index in [1.54, 1.807) is 60.1 Å². The van der Waals surface area contributed by atoms with Crippen LogP contribution in [0.4, 0.5) is 4.39 Å². The lowest BCUT2D eigenvalue weighted by Gasteiger charge is -2.35. The van der Waals surface area contributed by atoms with Gasteiger partial charge in [-0.3, -0.25) is 23.4 Å². The Labute approximate surface area is 360 Å². The molecule has 324 valence electrons. The largest absolute Gasteiger partial charge is 0.478 e. The summed E-state index contributed by atoms with van der Waals surface area (Å²) in [4.78, 5) is 58.5. The third kappa shape index (κ3) is 6.40. The molecule has 2 N–H and O–H groups in total. The number of halogens is 1. The molecule has 1 amide bonds. The molecule has 3 aliphatic rings. The highest BCUT2D eigenvalue weighted by molar-refractivity contribution is 6.00. The van der Waals surface area contributed by atoms with E-state index in [-0.39, 0.29) is 34.7 Å². The van der Waals surface area contributed by atoms with Crippen LogP contribution in [0.5, 0.6) is 0 Å². The molecular weight excluding hydrogens is 808 g/mol.